The monoisotopic (exact) mass is 182 g/mol. The Morgan fingerprint density at radius 1 is 1.00 bits per heavy atom. The maximum atomic E-state index is 9.14. The van der Waals surface area contributed by atoms with Crippen LogP contribution in [-0.2, 0) is 4.74 Å². The zero-order chi connectivity index (χ0) is 9.26. The molecule has 0 heterocycles. The molecule has 0 radical (unpaired) electrons. The Labute approximate surface area is 77.3 Å². The first-order valence-electron chi connectivity index (χ1n) is 4.69. The summed E-state index contributed by atoms with van der Waals surface area (Å²) in [6.45, 7) is 0. The predicted octanol–water partition coefficient (Wildman–Crippen LogP) is 2.21. The van der Waals surface area contributed by atoms with Gasteiger partial charge in [-0.15, -0.1) is 0 Å². The lowest BCUT2D eigenvalue weighted by molar-refractivity contribution is 0.0419. The lowest BCUT2D eigenvalue weighted by Crippen LogP contribution is -2.15. The second kappa shape index (κ2) is 3.42. The molecule has 0 aromatic rings. The molecule has 0 saturated heterocycles. The molecule has 3 heteroatoms. The summed E-state index contributed by atoms with van der Waals surface area (Å²) in [5, 5.41) is 18.3. The molecule has 2 atom stereocenters. The molecule has 72 valence electrons. The molecule has 2 rings (SSSR count). The molecular weight excluding hydrogens is 168 g/mol. The lowest BCUT2D eigenvalue weighted by atomic mass is 10.2. The van der Waals surface area contributed by atoms with E-state index in [1.54, 1.807) is 12.2 Å². The van der Waals surface area contributed by atoms with E-state index in [0.29, 0.717) is 24.4 Å². The number of allylic oxidation sites excluding steroid dienone is 2. The molecule has 2 N–H and O–H groups in total. The SMILES string of the molecule is OC1=CC(OC2C=C(O)CC2)CC1. The topological polar surface area (TPSA) is 49.7 Å². The van der Waals surface area contributed by atoms with Gasteiger partial charge in [0.15, 0.2) is 0 Å². The highest BCUT2D eigenvalue weighted by atomic mass is 16.5. The van der Waals surface area contributed by atoms with Crippen LogP contribution in [0.15, 0.2) is 23.7 Å². The molecule has 2 aliphatic rings. The largest absolute Gasteiger partial charge is 0.513 e. The first-order valence-corrected chi connectivity index (χ1v) is 4.69. The van der Waals surface area contributed by atoms with E-state index in [9.17, 15) is 0 Å². The van der Waals surface area contributed by atoms with Crippen molar-refractivity contribution in [1.29, 1.82) is 0 Å². The van der Waals surface area contributed by atoms with Crippen LogP contribution in [0.4, 0.5) is 0 Å². The van der Waals surface area contributed by atoms with Gasteiger partial charge in [-0.1, -0.05) is 0 Å². The first-order chi connectivity index (χ1) is 6.24. The highest BCUT2D eigenvalue weighted by molar-refractivity contribution is 5.08. The van der Waals surface area contributed by atoms with Gasteiger partial charge in [-0.2, -0.15) is 0 Å². The summed E-state index contributed by atoms with van der Waals surface area (Å²) in [6.07, 6.45) is 6.72. The Hall–Kier alpha value is -0.960. The van der Waals surface area contributed by atoms with Crippen LogP contribution in [0, 0.1) is 0 Å². The fraction of sp³-hybridized carbons (Fsp3) is 0.600. The van der Waals surface area contributed by atoms with E-state index < -0.39 is 0 Å². The van der Waals surface area contributed by atoms with Crippen molar-refractivity contribution in [2.45, 2.75) is 37.9 Å². The number of rotatable bonds is 2. The number of ether oxygens (including phenoxy) is 1. The fourth-order valence-corrected chi connectivity index (χ4v) is 1.78. The van der Waals surface area contributed by atoms with E-state index in [1.807, 2.05) is 0 Å². The van der Waals surface area contributed by atoms with Crippen LogP contribution in [-0.4, -0.2) is 22.4 Å². The van der Waals surface area contributed by atoms with Crippen LogP contribution in [0.5, 0.6) is 0 Å². The highest BCUT2D eigenvalue weighted by Gasteiger charge is 2.22. The summed E-state index contributed by atoms with van der Waals surface area (Å²) in [6, 6.07) is 0. The van der Waals surface area contributed by atoms with Gasteiger partial charge < -0.3 is 14.9 Å². The van der Waals surface area contributed by atoms with E-state index in [4.69, 9.17) is 14.9 Å². The van der Waals surface area contributed by atoms with Crippen LogP contribution >= 0.6 is 0 Å². The van der Waals surface area contributed by atoms with Crippen molar-refractivity contribution in [3.05, 3.63) is 23.7 Å². The Morgan fingerprint density at radius 2 is 1.46 bits per heavy atom. The summed E-state index contributed by atoms with van der Waals surface area (Å²) in [5.74, 6) is 0.854. The summed E-state index contributed by atoms with van der Waals surface area (Å²) in [5.41, 5.74) is 0. The molecule has 13 heavy (non-hydrogen) atoms. The van der Waals surface area contributed by atoms with Gasteiger partial charge in [0.2, 0.25) is 0 Å². The maximum absolute atomic E-state index is 9.14. The molecule has 3 nitrogen and oxygen atoms in total. The van der Waals surface area contributed by atoms with Crippen molar-refractivity contribution in [3.63, 3.8) is 0 Å². The fourth-order valence-electron chi connectivity index (χ4n) is 1.78. The van der Waals surface area contributed by atoms with Gasteiger partial charge in [0.05, 0.1) is 23.7 Å². The van der Waals surface area contributed by atoms with Gasteiger partial charge in [0, 0.05) is 12.8 Å². The van der Waals surface area contributed by atoms with Gasteiger partial charge in [-0.3, -0.25) is 0 Å². The van der Waals surface area contributed by atoms with Crippen LogP contribution in [0.3, 0.4) is 0 Å². The molecular formula is C10H14O3. The first kappa shape index (κ1) is 8.63. The minimum absolute atomic E-state index is 0.0344. The quantitative estimate of drug-likeness (QED) is 0.688. The zero-order valence-electron chi connectivity index (χ0n) is 7.44. The Kier molecular flexibility index (Phi) is 2.27. The van der Waals surface area contributed by atoms with Crippen molar-refractivity contribution in [3.8, 4) is 0 Å². The summed E-state index contributed by atoms with van der Waals surface area (Å²) < 4.78 is 5.64. The zero-order valence-corrected chi connectivity index (χ0v) is 7.44. The molecule has 0 spiro atoms. The maximum Gasteiger partial charge on any atom is 0.0909 e. The molecule has 0 aromatic heterocycles. The molecule has 0 amide bonds. The molecule has 0 saturated carbocycles. The lowest BCUT2D eigenvalue weighted by Gasteiger charge is -2.13. The summed E-state index contributed by atoms with van der Waals surface area (Å²) in [4.78, 5) is 0. The molecule has 0 bridgehead atoms. The third kappa shape index (κ3) is 2.04. The Bertz CT molecular complexity index is 229. The van der Waals surface area contributed by atoms with E-state index in [-0.39, 0.29) is 12.2 Å². The summed E-state index contributed by atoms with van der Waals surface area (Å²) >= 11 is 0. The molecule has 2 aliphatic carbocycles. The smallest absolute Gasteiger partial charge is 0.0909 e. The van der Waals surface area contributed by atoms with E-state index in [0.717, 1.165) is 12.8 Å². The second-order valence-electron chi connectivity index (χ2n) is 3.61. The molecule has 0 fully saturated rings. The third-order valence-corrected chi connectivity index (χ3v) is 2.48. The van der Waals surface area contributed by atoms with Gasteiger partial charge in [0.25, 0.3) is 0 Å². The van der Waals surface area contributed by atoms with Crippen LogP contribution in [0.25, 0.3) is 0 Å². The van der Waals surface area contributed by atoms with Gasteiger partial charge in [-0.05, 0) is 25.0 Å². The molecule has 0 aliphatic heterocycles. The number of aliphatic hydroxyl groups excluding tert-OH is 2. The van der Waals surface area contributed by atoms with E-state index in [1.165, 1.54) is 0 Å². The molecule has 2 unspecified atom stereocenters. The number of aliphatic hydroxyl groups is 2. The third-order valence-electron chi connectivity index (χ3n) is 2.48. The van der Waals surface area contributed by atoms with Crippen LogP contribution in [0.2, 0.25) is 0 Å². The average molecular weight is 182 g/mol. The van der Waals surface area contributed by atoms with Crippen molar-refractivity contribution in [2.75, 3.05) is 0 Å². The van der Waals surface area contributed by atoms with Crippen LogP contribution in [0.1, 0.15) is 25.7 Å². The van der Waals surface area contributed by atoms with Gasteiger partial charge in [-0.25, -0.2) is 0 Å². The van der Waals surface area contributed by atoms with E-state index >= 15 is 0 Å². The molecule has 0 aromatic carbocycles. The van der Waals surface area contributed by atoms with Gasteiger partial charge >= 0.3 is 0 Å². The second-order valence-corrected chi connectivity index (χ2v) is 3.61. The standard InChI is InChI=1S/C10H14O3/c11-7-1-3-9(5-7)13-10-4-2-8(12)6-10/h5-6,9-12H,1-4H2. The average Bonchev–Trinajstić information content (AvgIpc) is 2.62. The predicted molar refractivity (Wildman–Crippen MR) is 48.6 cm³/mol. The Morgan fingerprint density at radius 3 is 1.77 bits per heavy atom. The highest BCUT2D eigenvalue weighted by Crippen LogP contribution is 2.25. The number of hydrogen-bond acceptors (Lipinski definition) is 3. The van der Waals surface area contributed by atoms with Crippen molar-refractivity contribution in [2.24, 2.45) is 0 Å². The normalized spacial score (nSPS) is 33.2. The van der Waals surface area contributed by atoms with Crippen molar-refractivity contribution >= 4 is 0 Å². The number of hydrogen-bond donors (Lipinski definition) is 2. The van der Waals surface area contributed by atoms with Crippen molar-refractivity contribution in [1.82, 2.24) is 0 Å². The minimum Gasteiger partial charge on any atom is -0.513 e. The Balaban J connectivity index is 1.86. The van der Waals surface area contributed by atoms with E-state index in [2.05, 4.69) is 0 Å². The summed E-state index contributed by atoms with van der Waals surface area (Å²) in [7, 11) is 0. The van der Waals surface area contributed by atoms with Gasteiger partial charge in [0.1, 0.15) is 0 Å². The van der Waals surface area contributed by atoms with Crippen LogP contribution < -0.4 is 0 Å². The van der Waals surface area contributed by atoms with Crippen molar-refractivity contribution < 1.29 is 14.9 Å². The minimum atomic E-state index is 0.0344.